The summed E-state index contributed by atoms with van der Waals surface area (Å²) < 4.78 is 0. The number of carbonyl (C=O) groups excluding carboxylic acids is 1. The molecule has 11 heavy (non-hydrogen) atoms. The highest BCUT2D eigenvalue weighted by Gasteiger charge is 2.14. The second-order valence-electron chi connectivity index (χ2n) is 2.92. The minimum absolute atomic E-state index is 0.260. The van der Waals surface area contributed by atoms with Crippen LogP contribution in [0.2, 0.25) is 0 Å². The van der Waals surface area contributed by atoms with Crippen molar-refractivity contribution in [2.75, 3.05) is 0 Å². The molecular weight excluding hydrogens is 144 g/mol. The largest absolute Gasteiger partial charge is 0.338 e. The standard InChI is InChI=1S/C7H14N2O2/c10-7(9-11)8-6-4-2-1-3-5-6/h6,11H,1-5H2,(H2,8,9,10). The minimum atomic E-state index is -0.489. The molecule has 64 valence electrons. The molecule has 1 aliphatic rings. The first-order valence-corrected chi connectivity index (χ1v) is 4.03. The lowest BCUT2D eigenvalue weighted by atomic mass is 9.96. The summed E-state index contributed by atoms with van der Waals surface area (Å²) in [5.74, 6) is 0. The predicted molar refractivity (Wildman–Crippen MR) is 40.3 cm³/mol. The third kappa shape index (κ3) is 2.76. The molecule has 0 aromatic carbocycles. The fourth-order valence-corrected chi connectivity index (χ4v) is 1.46. The first kappa shape index (κ1) is 8.33. The molecule has 2 amide bonds. The van der Waals surface area contributed by atoms with Crippen LogP contribution in [-0.4, -0.2) is 17.3 Å². The molecule has 0 aliphatic heterocycles. The highest BCUT2D eigenvalue weighted by atomic mass is 16.5. The lowest BCUT2D eigenvalue weighted by Gasteiger charge is -2.21. The Labute approximate surface area is 65.9 Å². The lowest BCUT2D eigenvalue weighted by Crippen LogP contribution is -2.41. The Morgan fingerprint density at radius 2 is 1.91 bits per heavy atom. The zero-order valence-electron chi connectivity index (χ0n) is 6.47. The van der Waals surface area contributed by atoms with E-state index in [4.69, 9.17) is 5.21 Å². The molecule has 0 heterocycles. The monoisotopic (exact) mass is 158 g/mol. The van der Waals surface area contributed by atoms with E-state index in [1.807, 2.05) is 0 Å². The maximum Gasteiger partial charge on any atom is 0.338 e. The first-order chi connectivity index (χ1) is 5.33. The molecule has 1 rings (SSSR count). The van der Waals surface area contributed by atoms with E-state index < -0.39 is 6.03 Å². The maximum absolute atomic E-state index is 10.6. The van der Waals surface area contributed by atoms with E-state index in [0.717, 1.165) is 12.8 Å². The summed E-state index contributed by atoms with van der Waals surface area (Å²) in [6.07, 6.45) is 5.69. The van der Waals surface area contributed by atoms with Gasteiger partial charge in [0.2, 0.25) is 0 Å². The van der Waals surface area contributed by atoms with Crippen molar-refractivity contribution < 1.29 is 10.0 Å². The van der Waals surface area contributed by atoms with Crippen molar-refractivity contribution in [3.8, 4) is 0 Å². The van der Waals surface area contributed by atoms with Gasteiger partial charge in [0.25, 0.3) is 0 Å². The van der Waals surface area contributed by atoms with Crippen LogP contribution in [0.1, 0.15) is 32.1 Å². The van der Waals surface area contributed by atoms with Gasteiger partial charge in [-0.1, -0.05) is 19.3 Å². The number of amides is 2. The Hall–Kier alpha value is -0.770. The molecule has 0 bridgehead atoms. The zero-order chi connectivity index (χ0) is 8.10. The number of urea groups is 1. The normalized spacial score (nSPS) is 19.4. The molecule has 0 radical (unpaired) electrons. The van der Waals surface area contributed by atoms with Crippen molar-refractivity contribution in [3.05, 3.63) is 0 Å². The molecule has 0 aromatic heterocycles. The van der Waals surface area contributed by atoms with Gasteiger partial charge in [0.15, 0.2) is 0 Å². The van der Waals surface area contributed by atoms with E-state index in [-0.39, 0.29) is 6.04 Å². The summed E-state index contributed by atoms with van der Waals surface area (Å²) >= 11 is 0. The van der Waals surface area contributed by atoms with Crippen LogP contribution >= 0.6 is 0 Å². The Balaban J connectivity index is 2.19. The van der Waals surface area contributed by atoms with E-state index in [9.17, 15) is 4.79 Å². The molecule has 3 N–H and O–H groups in total. The second kappa shape index (κ2) is 4.18. The maximum atomic E-state index is 10.6. The smallest absolute Gasteiger partial charge is 0.334 e. The average molecular weight is 158 g/mol. The van der Waals surface area contributed by atoms with E-state index in [1.165, 1.54) is 19.3 Å². The highest BCUT2D eigenvalue weighted by Crippen LogP contribution is 2.16. The summed E-state index contributed by atoms with van der Waals surface area (Å²) in [4.78, 5) is 10.6. The summed E-state index contributed by atoms with van der Waals surface area (Å²) in [6.45, 7) is 0. The molecule has 4 heteroatoms. The zero-order valence-corrected chi connectivity index (χ0v) is 6.47. The second-order valence-corrected chi connectivity index (χ2v) is 2.92. The van der Waals surface area contributed by atoms with Gasteiger partial charge in [-0.2, -0.15) is 0 Å². The highest BCUT2D eigenvalue weighted by molar-refractivity contribution is 5.72. The van der Waals surface area contributed by atoms with Crippen LogP contribution in [0.4, 0.5) is 4.79 Å². The van der Waals surface area contributed by atoms with Crippen molar-refractivity contribution in [1.29, 1.82) is 0 Å². The topological polar surface area (TPSA) is 61.4 Å². The van der Waals surface area contributed by atoms with Gasteiger partial charge in [0.05, 0.1) is 0 Å². The quantitative estimate of drug-likeness (QED) is 0.394. The number of rotatable bonds is 1. The van der Waals surface area contributed by atoms with E-state index in [2.05, 4.69) is 5.32 Å². The van der Waals surface area contributed by atoms with E-state index in [1.54, 1.807) is 5.48 Å². The van der Waals surface area contributed by atoms with E-state index in [0.29, 0.717) is 0 Å². The third-order valence-electron chi connectivity index (χ3n) is 2.04. The minimum Gasteiger partial charge on any atom is -0.334 e. The van der Waals surface area contributed by atoms with Gasteiger partial charge >= 0.3 is 6.03 Å². The van der Waals surface area contributed by atoms with Crippen LogP contribution in [0.5, 0.6) is 0 Å². The van der Waals surface area contributed by atoms with Crippen LogP contribution < -0.4 is 10.8 Å². The average Bonchev–Trinajstić information content (AvgIpc) is 2.06. The van der Waals surface area contributed by atoms with Crippen molar-refractivity contribution in [2.24, 2.45) is 0 Å². The van der Waals surface area contributed by atoms with Crippen LogP contribution in [0, 0.1) is 0 Å². The molecule has 0 unspecified atom stereocenters. The SMILES string of the molecule is O=C(NO)NC1CCCCC1. The van der Waals surface area contributed by atoms with Crippen molar-refractivity contribution in [2.45, 2.75) is 38.1 Å². The summed E-state index contributed by atoms with van der Waals surface area (Å²) in [5, 5.41) is 10.9. The number of nitrogens with one attached hydrogen (secondary N) is 2. The van der Waals surface area contributed by atoms with Crippen LogP contribution in [0.3, 0.4) is 0 Å². The van der Waals surface area contributed by atoms with Crippen LogP contribution in [0.25, 0.3) is 0 Å². The Morgan fingerprint density at radius 1 is 1.27 bits per heavy atom. The number of carbonyl (C=O) groups is 1. The number of hydrogen-bond acceptors (Lipinski definition) is 2. The molecule has 4 nitrogen and oxygen atoms in total. The summed E-state index contributed by atoms with van der Waals surface area (Å²) in [7, 11) is 0. The predicted octanol–water partition coefficient (Wildman–Crippen LogP) is 1.01. The van der Waals surface area contributed by atoms with Crippen molar-refractivity contribution in [3.63, 3.8) is 0 Å². The number of hydrogen-bond donors (Lipinski definition) is 3. The van der Waals surface area contributed by atoms with Crippen molar-refractivity contribution in [1.82, 2.24) is 10.8 Å². The van der Waals surface area contributed by atoms with Gasteiger partial charge in [-0.3, -0.25) is 5.21 Å². The van der Waals surface area contributed by atoms with Gasteiger partial charge in [-0.25, -0.2) is 10.3 Å². The Morgan fingerprint density at radius 3 is 2.45 bits per heavy atom. The molecule has 0 spiro atoms. The molecule has 1 saturated carbocycles. The molecule has 0 aromatic rings. The van der Waals surface area contributed by atoms with Crippen LogP contribution in [-0.2, 0) is 0 Å². The van der Waals surface area contributed by atoms with Gasteiger partial charge in [0.1, 0.15) is 0 Å². The fraction of sp³-hybridized carbons (Fsp3) is 0.857. The van der Waals surface area contributed by atoms with Gasteiger partial charge in [0, 0.05) is 6.04 Å². The summed E-state index contributed by atoms with van der Waals surface area (Å²) in [6, 6.07) is -0.229. The van der Waals surface area contributed by atoms with Gasteiger partial charge in [-0.15, -0.1) is 0 Å². The molecule has 1 aliphatic carbocycles. The molecule has 0 atom stereocenters. The Bertz CT molecular complexity index is 132. The summed E-state index contributed by atoms with van der Waals surface area (Å²) in [5.41, 5.74) is 1.56. The third-order valence-corrected chi connectivity index (χ3v) is 2.04. The lowest BCUT2D eigenvalue weighted by molar-refractivity contribution is 0.156. The van der Waals surface area contributed by atoms with Gasteiger partial charge < -0.3 is 5.32 Å². The molecule has 0 saturated heterocycles. The molecular formula is C7H14N2O2. The number of hydroxylamine groups is 1. The fourth-order valence-electron chi connectivity index (χ4n) is 1.46. The Kier molecular flexibility index (Phi) is 3.16. The van der Waals surface area contributed by atoms with Gasteiger partial charge in [-0.05, 0) is 12.8 Å². The molecule has 1 fully saturated rings. The van der Waals surface area contributed by atoms with Crippen molar-refractivity contribution >= 4 is 6.03 Å². The van der Waals surface area contributed by atoms with Crippen LogP contribution in [0.15, 0.2) is 0 Å². The van der Waals surface area contributed by atoms with E-state index >= 15 is 0 Å². The first-order valence-electron chi connectivity index (χ1n) is 4.03.